The van der Waals surface area contributed by atoms with Gasteiger partial charge in [0.1, 0.15) is 12.2 Å². The molecular formula is C18H39NO10S2. The van der Waals surface area contributed by atoms with Gasteiger partial charge in [-0.3, -0.25) is 14.0 Å². The van der Waals surface area contributed by atoms with Gasteiger partial charge in [-0.2, -0.15) is 16.8 Å². The number of unbranched alkanes of at least 4 members (excludes halogenated alkanes) is 9. The summed E-state index contributed by atoms with van der Waals surface area (Å²) in [6.45, 7) is 0.804. The zero-order valence-electron chi connectivity index (χ0n) is 18.3. The SMILES string of the molecule is CCCCCCCCCCCCN(CC(CO)OS(=O)(=O)O)CC(CO)OS(=O)(=O)O. The molecule has 11 nitrogen and oxygen atoms in total. The summed E-state index contributed by atoms with van der Waals surface area (Å²) in [5, 5.41) is 18.6. The lowest BCUT2D eigenvalue weighted by Crippen LogP contribution is -2.43. The summed E-state index contributed by atoms with van der Waals surface area (Å²) in [5.74, 6) is 0. The summed E-state index contributed by atoms with van der Waals surface area (Å²) in [6, 6.07) is 0. The van der Waals surface area contributed by atoms with Crippen LogP contribution in [0.3, 0.4) is 0 Å². The summed E-state index contributed by atoms with van der Waals surface area (Å²) in [6.07, 6.45) is 8.49. The molecule has 0 fully saturated rings. The molecule has 188 valence electrons. The number of aliphatic hydroxyl groups is 2. The molecule has 0 aromatic rings. The van der Waals surface area contributed by atoms with Crippen molar-refractivity contribution in [3.63, 3.8) is 0 Å². The lowest BCUT2D eigenvalue weighted by molar-refractivity contribution is 0.0371. The topological polar surface area (TPSA) is 171 Å². The molecule has 0 amide bonds. The molecule has 2 unspecified atom stereocenters. The third kappa shape index (κ3) is 20.0. The van der Waals surface area contributed by atoms with E-state index in [0.717, 1.165) is 25.7 Å². The second-order valence-electron chi connectivity index (χ2n) is 7.60. The van der Waals surface area contributed by atoms with Gasteiger partial charge in [0.2, 0.25) is 0 Å². The summed E-state index contributed by atoms with van der Waals surface area (Å²) in [5.41, 5.74) is 0. The van der Waals surface area contributed by atoms with Gasteiger partial charge in [-0.05, 0) is 13.0 Å². The van der Waals surface area contributed by atoms with E-state index in [9.17, 15) is 27.0 Å². The van der Waals surface area contributed by atoms with Crippen LogP contribution >= 0.6 is 0 Å². The first-order valence-corrected chi connectivity index (χ1v) is 13.5. The number of hydrogen-bond donors (Lipinski definition) is 4. The maximum atomic E-state index is 10.9. The molecule has 13 heteroatoms. The van der Waals surface area contributed by atoms with E-state index in [1.54, 1.807) is 4.90 Å². The standard InChI is InChI=1S/C18H39NO10S2/c1-2-3-4-5-6-7-8-9-10-11-12-19(13-17(15-20)28-30(22,23)24)14-18(16-21)29-31(25,26)27/h17-18,20-21H,2-16H2,1H3,(H,22,23,24)(H,25,26,27). The highest BCUT2D eigenvalue weighted by molar-refractivity contribution is 7.81. The van der Waals surface area contributed by atoms with Crippen LogP contribution in [0.4, 0.5) is 0 Å². The summed E-state index contributed by atoms with van der Waals surface area (Å²) in [4.78, 5) is 1.54. The van der Waals surface area contributed by atoms with E-state index < -0.39 is 46.2 Å². The molecule has 0 aliphatic carbocycles. The molecule has 0 rings (SSSR count). The Morgan fingerprint density at radius 3 is 1.35 bits per heavy atom. The lowest BCUT2D eigenvalue weighted by atomic mass is 10.1. The van der Waals surface area contributed by atoms with E-state index in [1.165, 1.54) is 32.1 Å². The first-order valence-electron chi connectivity index (χ1n) is 10.8. The highest BCUT2D eigenvalue weighted by Crippen LogP contribution is 2.12. The van der Waals surface area contributed by atoms with Crippen LogP contribution in [0.15, 0.2) is 0 Å². The van der Waals surface area contributed by atoms with Gasteiger partial charge in [-0.25, -0.2) is 8.37 Å². The Morgan fingerprint density at radius 2 is 1.03 bits per heavy atom. The second-order valence-corrected chi connectivity index (χ2v) is 9.69. The van der Waals surface area contributed by atoms with Crippen molar-refractivity contribution in [2.24, 2.45) is 0 Å². The van der Waals surface area contributed by atoms with E-state index in [2.05, 4.69) is 15.3 Å². The van der Waals surface area contributed by atoms with Crippen LogP contribution in [0, 0.1) is 0 Å². The predicted octanol–water partition coefficient (Wildman–Crippen LogP) is 1.57. The van der Waals surface area contributed by atoms with E-state index in [0.29, 0.717) is 13.0 Å². The van der Waals surface area contributed by atoms with Crippen molar-refractivity contribution < 1.29 is 44.5 Å². The minimum Gasteiger partial charge on any atom is -0.394 e. The minimum absolute atomic E-state index is 0.168. The summed E-state index contributed by atoms with van der Waals surface area (Å²) < 4.78 is 70.1. The molecular weight excluding hydrogens is 454 g/mol. The molecule has 4 N–H and O–H groups in total. The number of aliphatic hydroxyl groups excluding tert-OH is 2. The van der Waals surface area contributed by atoms with Crippen molar-refractivity contribution in [3.8, 4) is 0 Å². The third-order valence-electron chi connectivity index (χ3n) is 4.67. The number of nitrogens with zero attached hydrogens (tertiary/aromatic N) is 1. The van der Waals surface area contributed by atoms with Crippen LogP contribution in [0.5, 0.6) is 0 Å². The van der Waals surface area contributed by atoms with Crippen molar-refractivity contribution in [2.75, 3.05) is 32.8 Å². The maximum absolute atomic E-state index is 10.9. The quantitative estimate of drug-likeness (QED) is 0.135. The molecule has 0 saturated heterocycles. The molecule has 0 saturated carbocycles. The Bertz CT molecular complexity index is 598. The Hall–Kier alpha value is -0.380. The highest BCUT2D eigenvalue weighted by Gasteiger charge is 2.24. The van der Waals surface area contributed by atoms with Gasteiger partial charge >= 0.3 is 20.8 Å². The highest BCUT2D eigenvalue weighted by atomic mass is 32.3. The monoisotopic (exact) mass is 493 g/mol. The van der Waals surface area contributed by atoms with Crippen LogP contribution in [-0.2, 0) is 29.2 Å². The largest absolute Gasteiger partial charge is 0.397 e. The smallest absolute Gasteiger partial charge is 0.394 e. The Kier molecular flexibility index (Phi) is 16.9. The molecule has 0 aliphatic heterocycles. The van der Waals surface area contributed by atoms with E-state index >= 15 is 0 Å². The van der Waals surface area contributed by atoms with Crippen molar-refractivity contribution in [3.05, 3.63) is 0 Å². The number of hydrogen-bond acceptors (Lipinski definition) is 9. The Balaban J connectivity index is 4.59. The fourth-order valence-corrected chi connectivity index (χ4v) is 4.17. The maximum Gasteiger partial charge on any atom is 0.397 e. The molecule has 31 heavy (non-hydrogen) atoms. The first-order chi connectivity index (χ1) is 14.5. The van der Waals surface area contributed by atoms with Crippen molar-refractivity contribution in [1.29, 1.82) is 0 Å². The van der Waals surface area contributed by atoms with Crippen LogP contribution < -0.4 is 0 Å². The van der Waals surface area contributed by atoms with Crippen molar-refractivity contribution >= 4 is 20.8 Å². The van der Waals surface area contributed by atoms with E-state index in [1.807, 2.05) is 0 Å². The fraction of sp³-hybridized carbons (Fsp3) is 1.00. The van der Waals surface area contributed by atoms with Gasteiger partial charge in [0.05, 0.1) is 13.2 Å². The zero-order chi connectivity index (χ0) is 23.8. The van der Waals surface area contributed by atoms with Gasteiger partial charge < -0.3 is 10.2 Å². The predicted molar refractivity (Wildman–Crippen MR) is 115 cm³/mol. The summed E-state index contributed by atoms with van der Waals surface area (Å²) in [7, 11) is -9.58. The normalized spacial score (nSPS) is 14.8. The fourth-order valence-electron chi connectivity index (χ4n) is 3.24. The zero-order valence-corrected chi connectivity index (χ0v) is 19.9. The van der Waals surface area contributed by atoms with E-state index in [-0.39, 0.29) is 13.1 Å². The van der Waals surface area contributed by atoms with Crippen LogP contribution in [-0.4, -0.2) is 86.1 Å². The van der Waals surface area contributed by atoms with Crippen LogP contribution in [0.2, 0.25) is 0 Å². The van der Waals surface area contributed by atoms with Gasteiger partial charge in [0.15, 0.2) is 0 Å². The molecule has 0 aliphatic rings. The number of rotatable bonds is 21. The van der Waals surface area contributed by atoms with Crippen LogP contribution in [0.25, 0.3) is 0 Å². The van der Waals surface area contributed by atoms with Crippen molar-refractivity contribution in [1.82, 2.24) is 4.90 Å². The average Bonchev–Trinajstić information content (AvgIpc) is 2.65. The molecule has 0 aromatic carbocycles. The first kappa shape index (κ1) is 30.6. The van der Waals surface area contributed by atoms with Gasteiger partial charge in [-0.15, -0.1) is 0 Å². The Labute approximate surface area is 186 Å². The lowest BCUT2D eigenvalue weighted by Gasteiger charge is -2.28. The second kappa shape index (κ2) is 17.1. The van der Waals surface area contributed by atoms with Gasteiger partial charge in [-0.1, -0.05) is 64.7 Å². The molecule has 0 heterocycles. The molecule has 2 atom stereocenters. The van der Waals surface area contributed by atoms with Gasteiger partial charge in [0.25, 0.3) is 0 Å². The third-order valence-corrected chi connectivity index (χ3v) is 5.70. The van der Waals surface area contributed by atoms with Crippen LogP contribution in [0.1, 0.15) is 71.1 Å². The average molecular weight is 494 g/mol. The molecule has 0 bridgehead atoms. The molecule has 0 aromatic heterocycles. The van der Waals surface area contributed by atoms with E-state index in [4.69, 9.17) is 9.11 Å². The van der Waals surface area contributed by atoms with Gasteiger partial charge in [0, 0.05) is 13.1 Å². The minimum atomic E-state index is -4.79. The summed E-state index contributed by atoms with van der Waals surface area (Å²) >= 11 is 0. The van der Waals surface area contributed by atoms with Crippen molar-refractivity contribution in [2.45, 2.75) is 83.3 Å². The Morgan fingerprint density at radius 1 is 0.677 bits per heavy atom. The molecule has 0 radical (unpaired) electrons. The molecule has 0 spiro atoms.